The van der Waals surface area contributed by atoms with Gasteiger partial charge in [0.05, 0.1) is 5.56 Å². The molecule has 0 atom stereocenters. The minimum absolute atomic E-state index is 0.147. The Kier molecular flexibility index (Phi) is 4.17. The molecule has 0 bridgehead atoms. The number of anilines is 1. The Morgan fingerprint density at radius 2 is 2.00 bits per heavy atom. The Labute approximate surface area is 117 Å². The molecule has 5 heteroatoms. The molecule has 1 aromatic heterocycles. The smallest absolute Gasteiger partial charge is 0.227 e. The highest BCUT2D eigenvalue weighted by molar-refractivity contribution is 5.46. The Morgan fingerprint density at radius 1 is 1.25 bits per heavy atom. The lowest BCUT2D eigenvalue weighted by atomic mass is 10.2. The van der Waals surface area contributed by atoms with Crippen LogP contribution >= 0.6 is 0 Å². The molecule has 2 aromatic rings. The maximum atomic E-state index is 14.0. The van der Waals surface area contributed by atoms with E-state index in [2.05, 4.69) is 9.97 Å². The van der Waals surface area contributed by atoms with Crippen LogP contribution in [0.2, 0.25) is 0 Å². The van der Waals surface area contributed by atoms with Crippen LogP contribution in [0.4, 0.5) is 10.2 Å². The van der Waals surface area contributed by atoms with Crippen molar-refractivity contribution in [3.05, 3.63) is 41.0 Å². The average molecular weight is 275 g/mol. The summed E-state index contributed by atoms with van der Waals surface area (Å²) in [5.41, 5.74) is 6.99. The van der Waals surface area contributed by atoms with E-state index in [0.717, 1.165) is 6.42 Å². The SMILES string of the molecule is CCCc1nc(N)c(C)c(Oc2cccc(C)c2F)n1. The highest BCUT2D eigenvalue weighted by atomic mass is 19.1. The molecule has 0 saturated carbocycles. The van der Waals surface area contributed by atoms with E-state index in [1.165, 1.54) is 0 Å². The minimum Gasteiger partial charge on any atom is -0.435 e. The van der Waals surface area contributed by atoms with Gasteiger partial charge in [-0.3, -0.25) is 0 Å². The fraction of sp³-hybridized carbons (Fsp3) is 0.333. The van der Waals surface area contributed by atoms with Gasteiger partial charge in [0.15, 0.2) is 11.6 Å². The van der Waals surface area contributed by atoms with Crippen LogP contribution < -0.4 is 10.5 Å². The number of nitrogens with zero attached hydrogens (tertiary/aromatic N) is 2. The molecular formula is C15H18FN3O. The van der Waals surface area contributed by atoms with Gasteiger partial charge in [0.1, 0.15) is 11.6 Å². The largest absolute Gasteiger partial charge is 0.435 e. The lowest BCUT2D eigenvalue weighted by molar-refractivity contribution is 0.420. The lowest BCUT2D eigenvalue weighted by Gasteiger charge is -2.12. The second-order valence-electron chi connectivity index (χ2n) is 4.69. The van der Waals surface area contributed by atoms with E-state index in [-0.39, 0.29) is 11.6 Å². The Balaban J connectivity index is 2.39. The van der Waals surface area contributed by atoms with Crippen molar-refractivity contribution >= 4 is 5.82 Å². The van der Waals surface area contributed by atoms with Crippen molar-refractivity contribution in [1.29, 1.82) is 0 Å². The van der Waals surface area contributed by atoms with E-state index >= 15 is 0 Å². The average Bonchev–Trinajstić information content (AvgIpc) is 2.41. The van der Waals surface area contributed by atoms with Crippen LogP contribution in [0, 0.1) is 19.7 Å². The van der Waals surface area contributed by atoms with Crippen molar-refractivity contribution in [3.8, 4) is 11.6 Å². The third-order valence-corrected chi connectivity index (χ3v) is 3.02. The number of rotatable bonds is 4. The van der Waals surface area contributed by atoms with Crippen LogP contribution in [0.5, 0.6) is 11.6 Å². The lowest BCUT2D eigenvalue weighted by Crippen LogP contribution is -2.05. The fourth-order valence-corrected chi connectivity index (χ4v) is 1.80. The number of aromatic nitrogens is 2. The Hall–Kier alpha value is -2.17. The van der Waals surface area contributed by atoms with Crippen LogP contribution in [0.3, 0.4) is 0 Å². The number of halogens is 1. The third-order valence-electron chi connectivity index (χ3n) is 3.02. The molecule has 4 nitrogen and oxygen atoms in total. The zero-order valence-electron chi connectivity index (χ0n) is 11.9. The van der Waals surface area contributed by atoms with E-state index in [9.17, 15) is 4.39 Å². The van der Waals surface area contributed by atoms with E-state index < -0.39 is 0 Å². The molecule has 0 aliphatic heterocycles. The first-order valence-corrected chi connectivity index (χ1v) is 6.59. The number of aryl methyl sites for hydroxylation is 2. The number of hydrogen-bond acceptors (Lipinski definition) is 4. The van der Waals surface area contributed by atoms with Gasteiger partial charge in [0, 0.05) is 6.42 Å². The molecule has 0 aliphatic rings. The highest BCUT2D eigenvalue weighted by Gasteiger charge is 2.13. The van der Waals surface area contributed by atoms with E-state index in [1.54, 1.807) is 32.0 Å². The predicted octanol–water partition coefficient (Wildman–Crippen LogP) is 3.56. The second-order valence-corrected chi connectivity index (χ2v) is 4.69. The summed E-state index contributed by atoms with van der Waals surface area (Å²) < 4.78 is 19.6. The predicted molar refractivity (Wildman–Crippen MR) is 76.4 cm³/mol. The van der Waals surface area contributed by atoms with Gasteiger partial charge in [-0.1, -0.05) is 19.1 Å². The van der Waals surface area contributed by atoms with Gasteiger partial charge >= 0.3 is 0 Å². The first-order chi connectivity index (χ1) is 9.52. The normalized spacial score (nSPS) is 10.6. The van der Waals surface area contributed by atoms with Gasteiger partial charge in [-0.05, 0) is 31.9 Å². The number of benzene rings is 1. The Bertz CT molecular complexity index is 629. The summed E-state index contributed by atoms with van der Waals surface area (Å²) in [5, 5.41) is 0. The molecule has 1 aromatic carbocycles. The van der Waals surface area contributed by atoms with Gasteiger partial charge in [-0.2, -0.15) is 4.98 Å². The molecule has 0 fully saturated rings. The number of hydrogen-bond donors (Lipinski definition) is 1. The van der Waals surface area contributed by atoms with Gasteiger partial charge in [0.25, 0.3) is 0 Å². The number of ether oxygens (including phenoxy) is 1. The quantitative estimate of drug-likeness (QED) is 0.926. The molecule has 2 N–H and O–H groups in total. The molecular weight excluding hydrogens is 257 g/mol. The van der Waals surface area contributed by atoms with Gasteiger partial charge in [0.2, 0.25) is 5.88 Å². The Morgan fingerprint density at radius 3 is 2.70 bits per heavy atom. The van der Waals surface area contributed by atoms with Gasteiger partial charge in [-0.15, -0.1) is 0 Å². The third kappa shape index (κ3) is 2.87. The van der Waals surface area contributed by atoms with Crippen LogP contribution in [0.25, 0.3) is 0 Å². The summed E-state index contributed by atoms with van der Waals surface area (Å²) in [4.78, 5) is 8.51. The molecule has 0 saturated heterocycles. The van der Waals surface area contributed by atoms with Crippen molar-refractivity contribution < 1.29 is 9.13 Å². The summed E-state index contributed by atoms with van der Waals surface area (Å²) in [7, 11) is 0. The van der Waals surface area contributed by atoms with Crippen molar-refractivity contribution in [2.24, 2.45) is 0 Å². The van der Waals surface area contributed by atoms with Crippen molar-refractivity contribution in [3.63, 3.8) is 0 Å². The molecule has 0 unspecified atom stereocenters. The summed E-state index contributed by atoms with van der Waals surface area (Å²) >= 11 is 0. The second kappa shape index (κ2) is 5.86. The molecule has 106 valence electrons. The molecule has 2 rings (SSSR count). The minimum atomic E-state index is -0.388. The van der Waals surface area contributed by atoms with Crippen LogP contribution in [0.15, 0.2) is 18.2 Å². The molecule has 20 heavy (non-hydrogen) atoms. The van der Waals surface area contributed by atoms with E-state index in [0.29, 0.717) is 35.1 Å². The fourth-order valence-electron chi connectivity index (χ4n) is 1.80. The standard InChI is InChI=1S/C15H18FN3O/c1-4-6-12-18-14(17)10(3)15(19-12)20-11-8-5-7-9(2)13(11)16/h5,7-8H,4,6H2,1-3H3,(H2,17,18,19). The molecule has 0 aliphatic carbocycles. The van der Waals surface area contributed by atoms with Crippen LogP contribution in [0.1, 0.15) is 30.3 Å². The van der Waals surface area contributed by atoms with Crippen LogP contribution in [-0.4, -0.2) is 9.97 Å². The summed E-state index contributed by atoms with van der Waals surface area (Å²) in [6.07, 6.45) is 1.61. The first-order valence-electron chi connectivity index (χ1n) is 6.59. The summed E-state index contributed by atoms with van der Waals surface area (Å²) in [5.74, 6) is 1.05. The van der Waals surface area contributed by atoms with Crippen LogP contribution in [-0.2, 0) is 6.42 Å². The topological polar surface area (TPSA) is 61.0 Å². The van der Waals surface area contributed by atoms with Crippen molar-refractivity contribution in [2.75, 3.05) is 5.73 Å². The van der Waals surface area contributed by atoms with Gasteiger partial charge < -0.3 is 10.5 Å². The maximum absolute atomic E-state index is 14.0. The van der Waals surface area contributed by atoms with E-state index in [4.69, 9.17) is 10.5 Å². The maximum Gasteiger partial charge on any atom is 0.227 e. The highest BCUT2D eigenvalue weighted by Crippen LogP contribution is 2.29. The summed E-state index contributed by atoms with van der Waals surface area (Å²) in [6, 6.07) is 4.99. The van der Waals surface area contributed by atoms with E-state index in [1.807, 2.05) is 6.92 Å². The number of nitrogen functional groups attached to an aromatic ring is 1. The molecule has 1 heterocycles. The summed E-state index contributed by atoms with van der Waals surface area (Å²) in [6.45, 7) is 5.47. The van der Waals surface area contributed by atoms with Gasteiger partial charge in [-0.25, -0.2) is 9.37 Å². The molecule has 0 radical (unpaired) electrons. The monoisotopic (exact) mass is 275 g/mol. The number of nitrogens with two attached hydrogens (primary N) is 1. The first kappa shape index (κ1) is 14.2. The zero-order chi connectivity index (χ0) is 14.7. The molecule has 0 amide bonds. The van der Waals surface area contributed by atoms with Crippen molar-refractivity contribution in [1.82, 2.24) is 9.97 Å². The zero-order valence-corrected chi connectivity index (χ0v) is 11.9. The van der Waals surface area contributed by atoms with Crippen molar-refractivity contribution in [2.45, 2.75) is 33.6 Å². The molecule has 0 spiro atoms.